The van der Waals surface area contributed by atoms with Gasteiger partial charge >= 0.3 is 5.97 Å². The standard InChI is InChI=1S/C14H23N5O4S/c1-7(2)11(19-12(20)9(15)5-24)13(21)18-10(14(22)23)3-8-4-16-6-17-8/h4,6-7,9-11,24H,3,5,15H2,1-2H3,(H,16,17)(H,18,21)(H,19,20)(H,22,23)/t9-,10-,11+/m0/s1. The number of thiol groups is 1. The molecule has 3 atom stereocenters. The van der Waals surface area contributed by atoms with Crippen LogP contribution in [0, 0.1) is 5.92 Å². The minimum absolute atomic E-state index is 0.0516. The van der Waals surface area contributed by atoms with Crippen molar-refractivity contribution in [1.82, 2.24) is 20.6 Å². The van der Waals surface area contributed by atoms with Crippen LogP contribution in [0.2, 0.25) is 0 Å². The van der Waals surface area contributed by atoms with Crippen molar-refractivity contribution in [3.05, 3.63) is 18.2 Å². The third-order valence-electron chi connectivity index (χ3n) is 3.37. The molecular formula is C14H23N5O4S. The number of nitrogens with one attached hydrogen (secondary N) is 3. The number of nitrogens with zero attached hydrogens (tertiary/aromatic N) is 1. The van der Waals surface area contributed by atoms with E-state index in [1.807, 2.05) is 0 Å². The summed E-state index contributed by atoms with van der Waals surface area (Å²) in [6.45, 7) is 3.48. The summed E-state index contributed by atoms with van der Waals surface area (Å²) in [5.41, 5.74) is 6.15. The molecule has 0 spiro atoms. The average Bonchev–Trinajstić information content (AvgIpc) is 3.03. The third-order valence-corrected chi connectivity index (χ3v) is 3.77. The Morgan fingerprint density at radius 2 is 2.00 bits per heavy atom. The van der Waals surface area contributed by atoms with E-state index < -0.39 is 35.9 Å². The maximum atomic E-state index is 12.4. The molecule has 0 aromatic carbocycles. The van der Waals surface area contributed by atoms with E-state index in [-0.39, 0.29) is 18.1 Å². The van der Waals surface area contributed by atoms with Gasteiger partial charge in [0.15, 0.2) is 0 Å². The first-order valence-electron chi connectivity index (χ1n) is 7.43. The van der Waals surface area contributed by atoms with Gasteiger partial charge in [0.2, 0.25) is 11.8 Å². The SMILES string of the molecule is CC(C)[C@@H](NC(=O)[C@@H](N)CS)C(=O)N[C@@H](Cc1cnc[nH]1)C(=O)O. The molecule has 10 heteroatoms. The molecule has 0 radical (unpaired) electrons. The van der Waals surface area contributed by atoms with Gasteiger partial charge in [-0.25, -0.2) is 9.78 Å². The summed E-state index contributed by atoms with van der Waals surface area (Å²) < 4.78 is 0. The summed E-state index contributed by atoms with van der Waals surface area (Å²) in [6, 6.07) is -2.88. The first kappa shape index (κ1) is 20.0. The van der Waals surface area contributed by atoms with Crippen LogP contribution in [0.5, 0.6) is 0 Å². The number of carboxylic acids is 1. The summed E-state index contributed by atoms with van der Waals surface area (Å²) >= 11 is 3.94. The number of carbonyl (C=O) groups is 3. The number of hydrogen-bond acceptors (Lipinski definition) is 6. The zero-order valence-corrected chi connectivity index (χ0v) is 14.4. The number of hydrogen-bond donors (Lipinski definition) is 6. The molecule has 0 aliphatic rings. The zero-order chi connectivity index (χ0) is 18.3. The molecule has 1 aromatic rings. The number of aromatic nitrogens is 2. The summed E-state index contributed by atoms with van der Waals surface area (Å²) in [4.78, 5) is 42.2. The van der Waals surface area contributed by atoms with Gasteiger partial charge in [0.05, 0.1) is 12.4 Å². The summed E-state index contributed by atoms with van der Waals surface area (Å²) in [7, 11) is 0. The molecule has 2 amide bonds. The predicted molar refractivity (Wildman–Crippen MR) is 90.5 cm³/mol. The van der Waals surface area contributed by atoms with Crippen molar-refractivity contribution >= 4 is 30.4 Å². The fraction of sp³-hybridized carbons (Fsp3) is 0.571. The van der Waals surface area contributed by atoms with Gasteiger partial charge < -0.3 is 26.5 Å². The van der Waals surface area contributed by atoms with Crippen LogP contribution in [0.3, 0.4) is 0 Å². The monoisotopic (exact) mass is 357 g/mol. The molecule has 0 fully saturated rings. The van der Waals surface area contributed by atoms with Crippen molar-refractivity contribution < 1.29 is 19.5 Å². The van der Waals surface area contributed by atoms with Crippen LogP contribution >= 0.6 is 12.6 Å². The van der Waals surface area contributed by atoms with E-state index in [0.29, 0.717) is 5.69 Å². The Hall–Kier alpha value is -2.07. The van der Waals surface area contributed by atoms with Crippen LogP contribution in [0.25, 0.3) is 0 Å². The van der Waals surface area contributed by atoms with Gasteiger partial charge in [-0.15, -0.1) is 0 Å². The van der Waals surface area contributed by atoms with Crippen LogP contribution in [-0.2, 0) is 20.8 Å². The minimum Gasteiger partial charge on any atom is -0.480 e. The van der Waals surface area contributed by atoms with Crippen molar-refractivity contribution in [1.29, 1.82) is 0 Å². The van der Waals surface area contributed by atoms with E-state index in [2.05, 4.69) is 33.2 Å². The fourth-order valence-electron chi connectivity index (χ4n) is 1.96. The topological polar surface area (TPSA) is 150 Å². The number of carboxylic acid groups (broad SMARTS) is 1. The number of rotatable bonds is 9. The van der Waals surface area contributed by atoms with Crippen molar-refractivity contribution in [2.45, 2.75) is 38.4 Å². The van der Waals surface area contributed by atoms with Gasteiger partial charge in [0.25, 0.3) is 0 Å². The molecule has 134 valence electrons. The molecular weight excluding hydrogens is 334 g/mol. The molecule has 0 bridgehead atoms. The van der Waals surface area contributed by atoms with Gasteiger partial charge in [-0.1, -0.05) is 13.8 Å². The number of nitrogens with two attached hydrogens (primary N) is 1. The first-order valence-corrected chi connectivity index (χ1v) is 8.06. The van der Waals surface area contributed by atoms with Gasteiger partial charge in [-0.05, 0) is 5.92 Å². The van der Waals surface area contributed by atoms with Crippen molar-refractivity contribution in [2.75, 3.05) is 5.75 Å². The number of carbonyl (C=O) groups excluding carboxylic acids is 2. The van der Waals surface area contributed by atoms with E-state index in [1.165, 1.54) is 12.5 Å². The number of aromatic amines is 1. The van der Waals surface area contributed by atoms with E-state index in [4.69, 9.17) is 5.73 Å². The normalized spacial score (nSPS) is 14.7. The van der Waals surface area contributed by atoms with Crippen molar-refractivity contribution in [3.8, 4) is 0 Å². The molecule has 24 heavy (non-hydrogen) atoms. The van der Waals surface area contributed by atoms with Crippen molar-refractivity contribution in [3.63, 3.8) is 0 Å². The van der Waals surface area contributed by atoms with Gasteiger partial charge in [-0.3, -0.25) is 9.59 Å². The maximum Gasteiger partial charge on any atom is 0.326 e. The number of amides is 2. The maximum absolute atomic E-state index is 12.4. The summed E-state index contributed by atoms with van der Waals surface area (Å²) in [5.74, 6) is -2.40. The third kappa shape index (κ3) is 5.85. The van der Waals surface area contributed by atoms with Crippen molar-refractivity contribution in [2.24, 2.45) is 11.7 Å². The summed E-state index contributed by atoms with van der Waals surface area (Å²) in [5, 5.41) is 14.3. The van der Waals surface area contributed by atoms with Gasteiger partial charge in [0.1, 0.15) is 12.1 Å². The molecule has 1 rings (SSSR count). The molecule has 0 aliphatic carbocycles. The Kier molecular flexibility index (Phi) is 7.72. The van der Waals surface area contributed by atoms with E-state index in [0.717, 1.165) is 0 Å². The lowest BCUT2D eigenvalue weighted by Crippen LogP contribution is -2.56. The quantitative estimate of drug-likeness (QED) is 0.309. The highest BCUT2D eigenvalue weighted by Gasteiger charge is 2.29. The highest BCUT2D eigenvalue weighted by molar-refractivity contribution is 7.80. The Bertz CT molecular complexity index is 564. The molecule has 1 aromatic heterocycles. The molecule has 0 saturated heterocycles. The second-order valence-corrected chi connectivity index (χ2v) is 6.06. The van der Waals surface area contributed by atoms with Crippen LogP contribution in [0.1, 0.15) is 19.5 Å². The molecule has 1 heterocycles. The lowest BCUT2D eigenvalue weighted by atomic mass is 10.0. The second kappa shape index (κ2) is 9.28. The Balaban J connectivity index is 2.77. The van der Waals surface area contributed by atoms with E-state index in [9.17, 15) is 19.5 Å². The highest BCUT2D eigenvalue weighted by Crippen LogP contribution is 2.05. The average molecular weight is 357 g/mol. The second-order valence-electron chi connectivity index (χ2n) is 5.70. The molecule has 0 saturated carbocycles. The molecule has 0 aliphatic heterocycles. The number of imidazole rings is 1. The molecule has 6 N–H and O–H groups in total. The zero-order valence-electron chi connectivity index (χ0n) is 13.5. The minimum atomic E-state index is -1.18. The Morgan fingerprint density at radius 3 is 2.46 bits per heavy atom. The number of aliphatic carboxylic acids is 1. The highest BCUT2D eigenvalue weighted by atomic mass is 32.1. The van der Waals surface area contributed by atoms with Crippen LogP contribution < -0.4 is 16.4 Å². The molecule has 0 unspecified atom stereocenters. The van der Waals surface area contributed by atoms with Gasteiger partial charge in [0, 0.05) is 24.1 Å². The van der Waals surface area contributed by atoms with E-state index in [1.54, 1.807) is 13.8 Å². The van der Waals surface area contributed by atoms with Crippen LogP contribution in [0.4, 0.5) is 0 Å². The number of H-pyrrole nitrogens is 1. The lowest BCUT2D eigenvalue weighted by Gasteiger charge is -2.25. The molecule has 9 nitrogen and oxygen atoms in total. The Morgan fingerprint density at radius 1 is 1.33 bits per heavy atom. The van der Waals surface area contributed by atoms with Crippen LogP contribution in [-0.4, -0.2) is 56.7 Å². The van der Waals surface area contributed by atoms with Gasteiger partial charge in [-0.2, -0.15) is 12.6 Å². The Labute approximate surface area is 145 Å². The smallest absolute Gasteiger partial charge is 0.326 e. The predicted octanol–water partition coefficient (Wildman–Crippen LogP) is -1.08. The largest absolute Gasteiger partial charge is 0.480 e. The van der Waals surface area contributed by atoms with E-state index >= 15 is 0 Å². The first-order chi connectivity index (χ1) is 11.3. The lowest BCUT2D eigenvalue weighted by molar-refractivity contribution is -0.142. The fourth-order valence-corrected chi connectivity index (χ4v) is 2.12. The summed E-state index contributed by atoms with van der Waals surface area (Å²) in [6.07, 6.45) is 2.96. The van der Waals surface area contributed by atoms with Crippen LogP contribution in [0.15, 0.2) is 12.5 Å².